The van der Waals surface area contributed by atoms with Crippen LogP contribution in [0.5, 0.6) is 5.75 Å². The quantitative estimate of drug-likeness (QED) is 0.760. The third kappa shape index (κ3) is 6.63. The minimum absolute atomic E-state index is 0.248. The molecule has 0 aliphatic heterocycles. The Morgan fingerprint density at radius 3 is 2.68 bits per heavy atom. The number of likely N-dealkylation sites (N-methyl/N-ethyl adjacent to an activating group) is 1. The third-order valence-corrected chi connectivity index (χ3v) is 2.82. The van der Waals surface area contributed by atoms with Crippen molar-refractivity contribution in [2.75, 3.05) is 25.0 Å². The van der Waals surface area contributed by atoms with Crippen LogP contribution in [0.15, 0.2) is 36.4 Å². The van der Waals surface area contributed by atoms with Crippen molar-refractivity contribution >= 4 is 11.7 Å². The molecule has 0 spiro atoms. The maximum atomic E-state index is 12.2. The number of amides is 2. The minimum atomic E-state index is -0.931. The number of hydrogen-bond acceptors (Lipinski definition) is 3. The Morgan fingerprint density at radius 1 is 1.45 bits per heavy atom. The summed E-state index contributed by atoms with van der Waals surface area (Å²) in [7, 11) is 0. The number of ether oxygens (including phenoxy) is 1. The molecule has 2 N–H and O–H groups in total. The lowest BCUT2D eigenvalue weighted by molar-refractivity contribution is 0.0501. The Bertz CT molecular complexity index is 521. The molecule has 0 fully saturated rings. The van der Waals surface area contributed by atoms with Crippen LogP contribution in [0.4, 0.5) is 10.5 Å². The molecule has 0 aromatic heterocycles. The smallest absolute Gasteiger partial charge is 0.321 e. The fourth-order valence-electron chi connectivity index (χ4n) is 1.87. The first-order valence-electron chi connectivity index (χ1n) is 7.37. The van der Waals surface area contributed by atoms with Crippen molar-refractivity contribution in [2.24, 2.45) is 0 Å². The van der Waals surface area contributed by atoms with E-state index in [1.165, 1.54) is 0 Å². The highest BCUT2D eigenvalue weighted by Gasteiger charge is 2.21. The molecule has 5 nitrogen and oxygen atoms in total. The average molecular weight is 306 g/mol. The molecule has 0 aliphatic carbocycles. The number of benzene rings is 1. The molecular weight excluding hydrogens is 280 g/mol. The molecule has 0 aliphatic rings. The number of urea groups is 1. The SMILES string of the molecule is C=C(C)COc1cccc(NC(=O)N(CC)CC(C)(C)O)c1. The van der Waals surface area contributed by atoms with Gasteiger partial charge < -0.3 is 20.1 Å². The largest absolute Gasteiger partial charge is 0.489 e. The molecule has 0 saturated heterocycles. The average Bonchev–Trinajstić information content (AvgIpc) is 2.42. The molecule has 0 unspecified atom stereocenters. The Morgan fingerprint density at radius 2 is 2.14 bits per heavy atom. The first-order chi connectivity index (χ1) is 10.2. The Balaban J connectivity index is 2.70. The van der Waals surface area contributed by atoms with E-state index in [4.69, 9.17) is 4.74 Å². The second-order valence-electron chi connectivity index (χ2n) is 6.03. The zero-order valence-corrected chi connectivity index (χ0v) is 13.8. The van der Waals surface area contributed by atoms with E-state index in [0.29, 0.717) is 24.6 Å². The van der Waals surface area contributed by atoms with Gasteiger partial charge in [-0.3, -0.25) is 0 Å². The van der Waals surface area contributed by atoms with Gasteiger partial charge in [-0.15, -0.1) is 0 Å². The van der Waals surface area contributed by atoms with Gasteiger partial charge in [0.25, 0.3) is 0 Å². The van der Waals surface area contributed by atoms with Crippen LogP contribution in [-0.4, -0.2) is 41.3 Å². The van der Waals surface area contributed by atoms with Gasteiger partial charge in [-0.05, 0) is 45.4 Å². The topological polar surface area (TPSA) is 61.8 Å². The van der Waals surface area contributed by atoms with Gasteiger partial charge in [-0.1, -0.05) is 12.6 Å². The van der Waals surface area contributed by atoms with Crippen molar-refractivity contribution < 1.29 is 14.6 Å². The van der Waals surface area contributed by atoms with Crippen LogP contribution in [0.3, 0.4) is 0 Å². The van der Waals surface area contributed by atoms with Gasteiger partial charge in [0, 0.05) is 18.3 Å². The van der Waals surface area contributed by atoms with Gasteiger partial charge in [-0.2, -0.15) is 0 Å². The van der Waals surface area contributed by atoms with Crippen LogP contribution in [0.25, 0.3) is 0 Å². The number of hydrogen-bond donors (Lipinski definition) is 2. The molecule has 0 bridgehead atoms. The number of nitrogens with one attached hydrogen (secondary N) is 1. The van der Waals surface area contributed by atoms with Crippen LogP contribution in [-0.2, 0) is 0 Å². The molecule has 1 aromatic rings. The standard InChI is InChI=1S/C17H26N2O3/c1-6-19(12-17(4,5)21)16(20)18-14-8-7-9-15(10-14)22-11-13(2)3/h7-10,21H,2,6,11-12H2,1,3-5H3,(H,18,20). The zero-order chi connectivity index (χ0) is 16.8. The van der Waals surface area contributed by atoms with Gasteiger partial charge in [0.05, 0.1) is 12.1 Å². The summed E-state index contributed by atoms with van der Waals surface area (Å²) >= 11 is 0. The fraction of sp³-hybridized carbons (Fsp3) is 0.471. The molecule has 22 heavy (non-hydrogen) atoms. The van der Waals surface area contributed by atoms with E-state index in [9.17, 15) is 9.90 Å². The minimum Gasteiger partial charge on any atom is -0.489 e. The summed E-state index contributed by atoms with van der Waals surface area (Å²) in [5.41, 5.74) is 0.648. The lowest BCUT2D eigenvalue weighted by Crippen LogP contribution is -2.44. The van der Waals surface area contributed by atoms with Gasteiger partial charge in [0.2, 0.25) is 0 Å². The normalized spacial score (nSPS) is 11.0. The van der Waals surface area contributed by atoms with Crippen molar-refractivity contribution in [3.63, 3.8) is 0 Å². The number of rotatable bonds is 7. The molecule has 1 aromatic carbocycles. The number of anilines is 1. The highest BCUT2D eigenvalue weighted by molar-refractivity contribution is 5.89. The molecule has 5 heteroatoms. The van der Waals surface area contributed by atoms with E-state index in [1.54, 1.807) is 30.9 Å². The van der Waals surface area contributed by atoms with Crippen molar-refractivity contribution in [1.82, 2.24) is 4.90 Å². The predicted molar refractivity (Wildman–Crippen MR) is 89.3 cm³/mol. The van der Waals surface area contributed by atoms with Crippen LogP contribution in [0.2, 0.25) is 0 Å². The summed E-state index contributed by atoms with van der Waals surface area (Å²) in [5.74, 6) is 0.673. The van der Waals surface area contributed by atoms with E-state index >= 15 is 0 Å². The molecule has 0 atom stereocenters. The van der Waals surface area contributed by atoms with Crippen molar-refractivity contribution in [1.29, 1.82) is 0 Å². The van der Waals surface area contributed by atoms with E-state index in [2.05, 4.69) is 11.9 Å². The van der Waals surface area contributed by atoms with Crippen molar-refractivity contribution in [3.8, 4) is 5.75 Å². The molecule has 122 valence electrons. The maximum Gasteiger partial charge on any atom is 0.321 e. The summed E-state index contributed by atoms with van der Waals surface area (Å²) in [6, 6.07) is 6.95. The lowest BCUT2D eigenvalue weighted by Gasteiger charge is -2.28. The van der Waals surface area contributed by atoms with Gasteiger partial charge in [0.15, 0.2) is 0 Å². The van der Waals surface area contributed by atoms with E-state index in [1.807, 2.05) is 26.0 Å². The van der Waals surface area contributed by atoms with Crippen LogP contribution in [0, 0.1) is 0 Å². The number of aliphatic hydroxyl groups is 1. The fourth-order valence-corrected chi connectivity index (χ4v) is 1.87. The Hall–Kier alpha value is -2.01. The highest BCUT2D eigenvalue weighted by atomic mass is 16.5. The molecule has 0 heterocycles. The van der Waals surface area contributed by atoms with Crippen LogP contribution in [0.1, 0.15) is 27.7 Å². The first kappa shape index (κ1) is 18.0. The zero-order valence-electron chi connectivity index (χ0n) is 13.8. The maximum absolute atomic E-state index is 12.2. The van der Waals surface area contributed by atoms with E-state index in [-0.39, 0.29) is 12.6 Å². The molecule has 0 saturated carbocycles. The summed E-state index contributed by atoms with van der Waals surface area (Å²) in [6.45, 7) is 12.1. The molecular formula is C17H26N2O3. The number of carbonyl (C=O) groups excluding carboxylic acids is 1. The second-order valence-corrected chi connectivity index (χ2v) is 6.03. The van der Waals surface area contributed by atoms with Crippen LogP contribution < -0.4 is 10.1 Å². The first-order valence-corrected chi connectivity index (χ1v) is 7.37. The second kappa shape index (κ2) is 7.84. The van der Waals surface area contributed by atoms with E-state index < -0.39 is 5.60 Å². The number of nitrogens with zero attached hydrogens (tertiary/aromatic N) is 1. The monoisotopic (exact) mass is 306 g/mol. The molecule has 2 amide bonds. The Kier molecular flexibility index (Phi) is 6.43. The summed E-state index contributed by atoms with van der Waals surface area (Å²) in [4.78, 5) is 13.8. The van der Waals surface area contributed by atoms with Crippen LogP contribution >= 0.6 is 0 Å². The van der Waals surface area contributed by atoms with E-state index in [0.717, 1.165) is 5.57 Å². The van der Waals surface area contributed by atoms with Gasteiger partial charge >= 0.3 is 6.03 Å². The summed E-state index contributed by atoms with van der Waals surface area (Å²) in [5, 5.41) is 12.7. The van der Waals surface area contributed by atoms with Gasteiger partial charge in [-0.25, -0.2) is 4.79 Å². The Labute approximate surface area is 132 Å². The highest BCUT2D eigenvalue weighted by Crippen LogP contribution is 2.18. The van der Waals surface area contributed by atoms with Crippen molar-refractivity contribution in [2.45, 2.75) is 33.3 Å². The van der Waals surface area contributed by atoms with Gasteiger partial charge in [0.1, 0.15) is 12.4 Å². The number of carbonyl (C=O) groups is 1. The summed E-state index contributed by atoms with van der Waals surface area (Å²) < 4.78 is 5.55. The predicted octanol–water partition coefficient (Wildman–Crippen LogP) is 3.27. The third-order valence-electron chi connectivity index (χ3n) is 2.82. The van der Waals surface area contributed by atoms with Crippen molar-refractivity contribution in [3.05, 3.63) is 36.4 Å². The lowest BCUT2D eigenvalue weighted by atomic mass is 10.1. The molecule has 1 rings (SSSR count). The summed E-state index contributed by atoms with van der Waals surface area (Å²) in [6.07, 6.45) is 0. The molecule has 0 radical (unpaired) electrons.